The number of carbonyl (C=O) groups is 2. The highest BCUT2D eigenvalue weighted by molar-refractivity contribution is 5.88. The lowest BCUT2D eigenvalue weighted by molar-refractivity contribution is -0.121. The highest BCUT2D eigenvalue weighted by Gasteiger charge is 2.07. The van der Waals surface area contributed by atoms with Crippen LogP contribution in [-0.2, 0) is 4.79 Å². The van der Waals surface area contributed by atoms with Crippen LogP contribution in [0.25, 0.3) is 0 Å². The van der Waals surface area contributed by atoms with Gasteiger partial charge in [-0.2, -0.15) is 5.10 Å². The Hall–Kier alpha value is -2.18. The molecule has 0 unspecified atom stereocenters. The Kier molecular flexibility index (Phi) is 6.58. The maximum absolute atomic E-state index is 11.6. The maximum Gasteiger partial charge on any atom is 0.320 e. The van der Waals surface area contributed by atoms with Crippen LogP contribution in [0.5, 0.6) is 0 Å². The van der Waals surface area contributed by atoms with Gasteiger partial charge in [-0.3, -0.25) is 10.1 Å². The van der Waals surface area contributed by atoms with Crippen molar-refractivity contribution < 1.29 is 9.59 Å². The van der Waals surface area contributed by atoms with E-state index in [2.05, 4.69) is 26.1 Å². The summed E-state index contributed by atoms with van der Waals surface area (Å²) in [5.74, 6) is 0.315. The van der Waals surface area contributed by atoms with Crippen molar-refractivity contribution in [3.05, 3.63) is 17.3 Å². The number of nitrogens with one attached hydrogen (secondary N) is 3. The third-order valence-corrected chi connectivity index (χ3v) is 3.13. The number of hydrogen-bond acceptors (Lipinski definition) is 4. The molecule has 0 spiro atoms. The summed E-state index contributed by atoms with van der Waals surface area (Å²) in [7, 11) is 0. The van der Waals surface area contributed by atoms with Crippen LogP contribution in [0.4, 0.5) is 10.6 Å². The number of nitrogens with zero attached hydrogens (tertiary/aromatic N) is 2. The van der Waals surface area contributed by atoms with E-state index >= 15 is 0 Å². The summed E-state index contributed by atoms with van der Waals surface area (Å²) in [6.45, 7) is 7.96. The van der Waals surface area contributed by atoms with Crippen molar-refractivity contribution in [1.82, 2.24) is 20.8 Å². The summed E-state index contributed by atoms with van der Waals surface area (Å²) < 4.78 is 0. The molecule has 116 valence electrons. The molecule has 7 heteroatoms. The maximum atomic E-state index is 11.6. The summed E-state index contributed by atoms with van der Waals surface area (Å²) in [6.07, 6.45) is 1.13. The number of aryl methyl sites for hydroxylation is 2. The molecular formula is C14H23N5O2. The average molecular weight is 293 g/mol. The Bertz CT molecular complexity index is 504. The predicted molar refractivity (Wildman–Crippen MR) is 81.0 cm³/mol. The number of carbonyl (C=O) groups excluding carboxylic acids is 2. The first-order valence-corrected chi connectivity index (χ1v) is 7.07. The van der Waals surface area contributed by atoms with Crippen molar-refractivity contribution >= 4 is 17.8 Å². The van der Waals surface area contributed by atoms with Crippen molar-refractivity contribution in [2.24, 2.45) is 0 Å². The second-order valence-electron chi connectivity index (χ2n) is 5.01. The Morgan fingerprint density at radius 1 is 1.29 bits per heavy atom. The number of aromatic nitrogens is 2. The lowest BCUT2D eigenvalue weighted by Gasteiger charge is -2.11. The Morgan fingerprint density at radius 3 is 2.62 bits per heavy atom. The molecule has 0 fully saturated rings. The highest BCUT2D eigenvalue weighted by atomic mass is 16.2. The largest absolute Gasteiger partial charge is 0.354 e. The quantitative estimate of drug-likeness (QED) is 0.741. The van der Waals surface area contributed by atoms with Crippen LogP contribution in [-0.4, -0.2) is 34.7 Å². The van der Waals surface area contributed by atoms with Crippen LogP contribution >= 0.6 is 0 Å². The second-order valence-corrected chi connectivity index (χ2v) is 5.01. The first-order chi connectivity index (χ1) is 9.92. The van der Waals surface area contributed by atoms with E-state index in [0.717, 1.165) is 17.7 Å². The molecule has 3 N–H and O–H groups in total. The minimum atomic E-state index is -0.399. The van der Waals surface area contributed by atoms with E-state index in [0.29, 0.717) is 5.82 Å². The monoisotopic (exact) mass is 293 g/mol. The molecule has 0 aliphatic rings. The van der Waals surface area contributed by atoms with Gasteiger partial charge in [0.2, 0.25) is 5.91 Å². The molecule has 1 heterocycles. The van der Waals surface area contributed by atoms with Gasteiger partial charge < -0.3 is 10.6 Å². The molecule has 0 saturated heterocycles. The van der Waals surface area contributed by atoms with Crippen molar-refractivity contribution in [2.75, 3.05) is 11.9 Å². The Morgan fingerprint density at radius 2 is 2.00 bits per heavy atom. The van der Waals surface area contributed by atoms with Crippen molar-refractivity contribution in [3.63, 3.8) is 0 Å². The summed E-state index contributed by atoms with van der Waals surface area (Å²) in [6, 6.07) is 1.50. The zero-order valence-electron chi connectivity index (χ0n) is 13.0. The first-order valence-electron chi connectivity index (χ1n) is 7.07. The van der Waals surface area contributed by atoms with Gasteiger partial charge >= 0.3 is 6.03 Å². The molecular weight excluding hydrogens is 270 g/mol. The number of anilines is 1. The Balaban J connectivity index is 2.31. The lowest BCUT2D eigenvalue weighted by atomic mass is 10.2. The molecule has 0 bridgehead atoms. The molecule has 0 aliphatic carbocycles. The lowest BCUT2D eigenvalue weighted by Crippen LogP contribution is -2.36. The first kappa shape index (κ1) is 16.9. The standard InChI is InChI=1S/C14H23N5O2/c1-5-10(3)16-13(20)6-7-15-14(21)17-12-8-9(2)11(4)18-19-12/h8,10H,5-7H2,1-4H3,(H,16,20)(H2,15,17,19,21)/t10-/m0/s1. The predicted octanol–water partition coefficient (Wildman–Crippen LogP) is 1.52. The van der Waals surface area contributed by atoms with E-state index in [1.54, 1.807) is 6.07 Å². The normalized spacial score (nSPS) is 11.6. The van der Waals surface area contributed by atoms with Gasteiger partial charge in [0.1, 0.15) is 0 Å². The minimum Gasteiger partial charge on any atom is -0.354 e. The van der Waals surface area contributed by atoms with E-state index in [1.165, 1.54) is 0 Å². The zero-order chi connectivity index (χ0) is 15.8. The summed E-state index contributed by atoms with van der Waals surface area (Å²) in [5.41, 5.74) is 1.77. The van der Waals surface area contributed by atoms with Gasteiger partial charge in [-0.15, -0.1) is 5.10 Å². The molecule has 1 rings (SSSR count). The topological polar surface area (TPSA) is 96.0 Å². The highest BCUT2D eigenvalue weighted by Crippen LogP contribution is 2.07. The van der Waals surface area contributed by atoms with Gasteiger partial charge in [-0.1, -0.05) is 6.92 Å². The van der Waals surface area contributed by atoms with Crippen molar-refractivity contribution in [3.8, 4) is 0 Å². The summed E-state index contributed by atoms with van der Waals surface area (Å²) in [5, 5.41) is 15.8. The smallest absolute Gasteiger partial charge is 0.320 e. The molecule has 21 heavy (non-hydrogen) atoms. The third kappa shape index (κ3) is 6.20. The van der Waals surface area contributed by atoms with Gasteiger partial charge in [0.05, 0.1) is 5.69 Å². The van der Waals surface area contributed by atoms with Gasteiger partial charge in [0.15, 0.2) is 5.82 Å². The van der Waals surface area contributed by atoms with E-state index in [9.17, 15) is 9.59 Å². The van der Waals surface area contributed by atoms with Gasteiger partial charge in [0.25, 0.3) is 0 Å². The van der Waals surface area contributed by atoms with Gasteiger partial charge in [-0.25, -0.2) is 4.79 Å². The second kappa shape index (κ2) is 8.18. The third-order valence-electron chi connectivity index (χ3n) is 3.13. The number of rotatable bonds is 6. The van der Waals surface area contributed by atoms with Crippen molar-refractivity contribution in [1.29, 1.82) is 0 Å². The summed E-state index contributed by atoms with van der Waals surface area (Å²) in [4.78, 5) is 23.2. The fourth-order valence-corrected chi connectivity index (χ4v) is 1.51. The van der Waals surface area contributed by atoms with Crippen LogP contribution in [0.2, 0.25) is 0 Å². The molecule has 1 atom stereocenters. The van der Waals surface area contributed by atoms with E-state index in [-0.39, 0.29) is 24.9 Å². The molecule has 7 nitrogen and oxygen atoms in total. The van der Waals surface area contributed by atoms with Gasteiger partial charge in [0, 0.05) is 19.0 Å². The molecule has 0 aromatic carbocycles. The molecule has 1 aromatic rings. The SMILES string of the molecule is CC[C@H](C)NC(=O)CCNC(=O)Nc1cc(C)c(C)nn1. The van der Waals surface area contributed by atoms with E-state index in [4.69, 9.17) is 0 Å². The molecule has 0 saturated carbocycles. The van der Waals surface area contributed by atoms with E-state index < -0.39 is 6.03 Å². The zero-order valence-corrected chi connectivity index (χ0v) is 13.0. The fraction of sp³-hybridized carbons (Fsp3) is 0.571. The van der Waals surface area contributed by atoms with E-state index in [1.807, 2.05) is 27.7 Å². The van der Waals surface area contributed by atoms with Crippen molar-refractivity contribution in [2.45, 2.75) is 46.6 Å². The number of urea groups is 1. The van der Waals surface area contributed by atoms with Crippen LogP contribution in [0.15, 0.2) is 6.07 Å². The fourth-order valence-electron chi connectivity index (χ4n) is 1.51. The molecule has 0 aliphatic heterocycles. The number of amides is 3. The summed E-state index contributed by atoms with van der Waals surface area (Å²) >= 11 is 0. The molecule has 0 radical (unpaired) electrons. The van der Waals surface area contributed by atoms with Gasteiger partial charge in [-0.05, 0) is 38.8 Å². The van der Waals surface area contributed by atoms with Crippen LogP contribution in [0, 0.1) is 13.8 Å². The molecule has 1 aromatic heterocycles. The van der Waals surface area contributed by atoms with Crippen LogP contribution < -0.4 is 16.0 Å². The van der Waals surface area contributed by atoms with Crippen LogP contribution in [0.3, 0.4) is 0 Å². The number of hydrogen-bond donors (Lipinski definition) is 3. The average Bonchev–Trinajstić information content (AvgIpc) is 2.42. The Labute approximate surface area is 124 Å². The molecule has 3 amide bonds. The van der Waals surface area contributed by atoms with Crippen LogP contribution in [0.1, 0.15) is 37.9 Å². The minimum absolute atomic E-state index is 0.0735.